The van der Waals surface area contributed by atoms with Gasteiger partial charge in [0.15, 0.2) is 5.78 Å². The van der Waals surface area contributed by atoms with Crippen LogP contribution in [0, 0.1) is 0 Å². The van der Waals surface area contributed by atoms with Crippen molar-refractivity contribution < 1.29 is 18.3 Å². The summed E-state index contributed by atoms with van der Waals surface area (Å²) in [6.45, 7) is 3.43. The highest BCUT2D eigenvalue weighted by molar-refractivity contribution is 9.10. The zero-order valence-corrected chi connectivity index (χ0v) is 10.5. The highest BCUT2D eigenvalue weighted by atomic mass is 79.9. The van der Waals surface area contributed by atoms with Crippen LogP contribution in [0.4, 0.5) is 8.78 Å². The molecular formula is C11H11BrF2O2. The highest BCUT2D eigenvalue weighted by Crippen LogP contribution is 2.34. The van der Waals surface area contributed by atoms with Gasteiger partial charge < -0.3 is 4.74 Å². The highest BCUT2D eigenvalue weighted by Gasteiger charge is 2.18. The van der Waals surface area contributed by atoms with Crippen LogP contribution in [-0.4, -0.2) is 12.4 Å². The molecule has 0 bridgehead atoms. The first-order valence-corrected chi connectivity index (χ1v) is 5.52. The lowest BCUT2D eigenvalue weighted by molar-refractivity contribution is 0.101. The van der Waals surface area contributed by atoms with Crippen LogP contribution >= 0.6 is 15.9 Å². The Balaban J connectivity index is 3.33. The molecule has 2 nitrogen and oxygen atoms in total. The molecule has 0 N–H and O–H groups in total. The molecule has 0 heterocycles. The van der Waals surface area contributed by atoms with Crippen LogP contribution in [0.25, 0.3) is 0 Å². The maximum Gasteiger partial charge on any atom is 0.265 e. The normalized spacial score (nSPS) is 10.6. The van der Waals surface area contributed by atoms with Crippen LogP contribution in [-0.2, 0) is 0 Å². The van der Waals surface area contributed by atoms with Gasteiger partial charge in [-0.1, -0.05) is 0 Å². The minimum atomic E-state index is -2.65. The molecule has 0 aliphatic rings. The molecule has 0 spiro atoms. The van der Waals surface area contributed by atoms with Gasteiger partial charge in [-0.3, -0.25) is 4.79 Å². The molecule has 0 amide bonds. The van der Waals surface area contributed by atoms with Gasteiger partial charge in [-0.05, 0) is 41.9 Å². The third kappa shape index (κ3) is 2.78. The molecule has 0 fully saturated rings. The van der Waals surface area contributed by atoms with Gasteiger partial charge in [-0.2, -0.15) is 0 Å². The predicted molar refractivity (Wildman–Crippen MR) is 60.3 cm³/mol. The van der Waals surface area contributed by atoms with Gasteiger partial charge in [-0.15, -0.1) is 0 Å². The zero-order valence-electron chi connectivity index (χ0n) is 8.89. The van der Waals surface area contributed by atoms with E-state index in [0.717, 1.165) is 0 Å². The van der Waals surface area contributed by atoms with Gasteiger partial charge in [0, 0.05) is 15.6 Å². The maximum atomic E-state index is 12.7. The number of carbonyl (C=O) groups excluding carboxylic acids is 1. The molecular weight excluding hydrogens is 282 g/mol. The third-order valence-electron chi connectivity index (χ3n) is 2.00. The second kappa shape index (κ2) is 5.39. The maximum absolute atomic E-state index is 12.7. The lowest BCUT2D eigenvalue weighted by atomic mass is 10.1. The third-order valence-corrected chi connectivity index (χ3v) is 2.88. The topological polar surface area (TPSA) is 26.3 Å². The largest absolute Gasteiger partial charge is 0.494 e. The molecule has 0 aromatic heterocycles. The first-order chi connectivity index (χ1) is 7.47. The lowest BCUT2D eigenvalue weighted by Gasteiger charge is -2.11. The average Bonchev–Trinajstić information content (AvgIpc) is 2.19. The molecule has 5 heteroatoms. The SMILES string of the molecule is CCOc1cc(C(C)=O)c(Br)c(C(F)F)c1. The fourth-order valence-corrected chi connectivity index (χ4v) is 1.97. The van der Waals surface area contributed by atoms with E-state index >= 15 is 0 Å². The molecule has 0 unspecified atom stereocenters. The minimum Gasteiger partial charge on any atom is -0.494 e. The molecule has 88 valence electrons. The number of rotatable bonds is 4. The number of alkyl halides is 2. The minimum absolute atomic E-state index is 0.137. The van der Waals surface area contributed by atoms with Crippen molar-refractivity contribution in [3.8, 4) is 5.75 Å². The van der Waals surface area contributed by atoms with Crippen LogP contribution in [0.2, 0.25) is 0 Å². The molecule has 0 atom stereocenters. The van der Waals surface area contributed by atoms with Crippen molar-refractivity contribution in [3.63, 3.8) is 0 Å². The summed E-state index contributed by atoms with van der Waals surface area (Å²) in [5.41, 5.74) is -0.0163. The van der Waals surface area contributed by atoms with E-state index in [9.17, 15) is 13.6 Å². The molecule has 0 aliphatic carbocycles. The van der Waals surface area contributed by atoms with Gasteiger partial charge in [0.2, 0.25) is 0 Å². The van der Waals surface area contributed by atoms with Crippen LogP contribution < -0.4 is 4.74 Å². The summed E-state index contributed by atoms with van der Waals surface area (Å²) in [6, 6.07) is 2.70. The van der Waals surface area contributed by atoms with Crippen LogP contribution in [0.5, 0.6) is 5.75 Å². The smallest absolute Gasteiger partial charge is 0.265 e. The standard InChI is InChI=1S/C11H11BrF2O2/c1-3-16-7-4-8(6(2)15)10(12)9(5-7)11(13)14/h4-5,11H,3H2,1-2H3. The Kier molecular flexibility index (Phi) is 4.41. The summed E-state index contributed by atoms with van der Waals surface area (Å²) in [7, 11) is 0. The van der Waals surface area contributed by atoms with E-state index in [4.69, 9.17) is 4.74 Å². The average molecular weight is 293 g/mol. The lowest BCUT2D eigenvalue weighted by Crippen LogP contribution is -2.01. The molecule has 1 rings (SSSR count). The first-order valence-electron chi connectivity index (χ1n) is 4.72. The summed E-state index contributed by atoms with van der Waals surface area (Å²) in [5.74, 6) is 0.00141. The monoisotopic (exact) mass is 292 g/mol. The van der Waals surface area contributed by atoms with E-state index < -0.39 is 6.43 Å². The van der Waals surface area contributed by atoms with Gasteiger partial charge in [0.25, 0.3) is 6.43 Å². The Morgan fingerprint density at radius 3 is 2.56 bits per heavy atom. The van der Waals surface area contributed by atoms with Crippen molar-refractivity contribution in [3.05, 3.63) is 27.7 Å². The number of carbonyl (C=O) groups is 1. The molecule has 0 aliphatic heterocycles. The van der Waals surface area contributed by atoms with Crippen molar-refractivity contribution in [1.82, 2.24) is 0 Å². The Morgan fingerprint density at radius 1 is 1.50 bits per heavy atom. The summed E-state index contributed by atoms with van der Waals surface area (Å²) >= 11 is 3.01. The van der Waals surface area contributed by atoms with Crippen molar-refractivity contribution in [2.45, 2.75) is 20.3 Å². The Bertz CT molecular complexity index is 405. The second-order valence-corrected chi connectivity index (χ2v) is 3.96. The van der Waals surface area contributed by atoms with Crippen LogP contribution in [0.3, 0.4) is 0 Å². The Morgan fingerprint density at radius 2 is 2.12 bits per heavy atom. The van der Waals surface area contributed by atoms with Crippen molar-refractivity contribution in [1.29, 1.82) is 0 Å². The van der Waals surface area contributed by atoms with Gasteiger partial charge in [0.1, 0.15) is 5.75 Å². The van der Waals surface area contributed by atoms with E-state index in [2.05, 4.69) is 15.9 Å². The van der Waals surface area contributed by atoms with E-state index in [0.29, 0.717) is 6.61 Å². The first kappa shape index (κ1) is 13.1. The number of Topliss-reactive ketones (excluding diaryl/α,β-unsaturated/α-hetero) is 1. The number of ketones is 1. The molecule has 0 saturated heterocycles. The molecule has 16 heavy (non-hydrogen) atoms. The van der Waals surface area contributed by atoms with Crippen LogP contribution in [0.15, 0.2) is 16.6 Å². The summed E-state index contributed by atoms with van der Waals surface area (Å²) < 4.78 is 30.7. The molecule has 0 radical (unpaired) electrons. The van der Waals surface area contributed by atoms with E-state index in [1.165, 1.54) is 19.1 Å². The molecule has 0 saturated carbocycles. The number of halogens is 3. The van der Waals surface area contributed by atoms with E-state index in [1.54, 1.807) is 6.92 Å². The summed E-state index contributed by atoms with van der Waals surface area (Å²) in [4.78, 5) is 11.3. The van der Waals surface area contributed by atoms with E-state index in [1.807, 2.05) is 0 Å². The number of hydrogen-bond acceptors (Lipinski definition) is 2. The van der Waals surface area contributed by atoms with Gasteiger partial charge in [-0.25, -0.2) is 8.78 Å². The number of benzene rings is 1. The number of hydrogen-bond donors (Lipinski definition) is 0. The Hall–Kier alpha value is -0.970. The van der Waals surface area contributed by atoms with Gasteiger partial charge >= 0.3 is 0 Å². The second-order valence-electron chi connectivity index (χ2n) is 3.16. The van der Waals surface area contributed by atoms with Crippen molar-refractivity contribution in [2.24, 2.45) is 0 Å². The van der Waals surface area contributed by atoms with Gasteiger partial charge in [0.05, 0.1) is 6.61 Å². The molecule has 1 aromatic rings. The fraction of sp³-hybridized carbons (Fsp3) is 0.364. The van der Waals surface area contributed by atoms with E-state index in [-0.39, 0.29) is 27.1 Å². The van der Waals surface area contributed by atoms with Crippen LogP contribution in [0.1, 0.15) is 36.2 Å². The summed E-state index contributed by atoms with van der Waals surface area (Å²) in [6.07, 6.45) is -2.65. The predicted octanol–water partition coefficient (Wildman–Crippen LogP) is 3.99. The van der Waals surface area contributed by atoms with Crippen molar-refractivity contribution in [2.75, 3.05) is 6.61 Å². The quantitative estimate of drug-likeness (QED) is 0.785. The molecule has 1 aromatic carbocycles. The summed E-state index contributed by atoms with van der Waals surface area (Å²) in [5, 5.41) is 0. The number of ether oxygens (including phenoxy) is 1. The zero-order chi connectivity index (χ0) is 12.3. The Labute approximate surface area is 101 Å². The van der Waals surface area contributed by atoms with Crippen molar-refractivity contribution >= 4 is 21.7 Å². The fourth-order valence-electron chi connectivity index (χ4n) is 1.28.